The zero-order valence-electron chi connectivity index (χ0n) is 8.44. The molecule has 0 aromatic carbocycles. The van der Waals surface area contributed by atoms with Crippen LogP contribution in [0, 0.1) is 12.8 Å². The Morgan fingerprint density at radius 1 is 1.71 bits per heavy atom. The Balaban J connectivity index is 1.87. The number of aryl methyl sites for hydroxylation is 1. The van der Waals surface area contributed by atoms with E-state index in [-0.39, 0.29) is 0 Å². The Kier molecular flexibility index (Phi) is 2.84. The molecule has 1 aromatic heterocycles. The van der Waals surface area contributed by atoms with E-state index < -0.39 is 0 Å². The second kappa shape index (κ2) is 4.11. The summed E-state index contributed by atoms with van der Waals surface area (Å²) in [4.78, 5) is 2.30. The minimum atomic E-state index is 0.300. The van der Waals surface area contributed by atoms with Gasteiger partial charge in [0.05, 0.1) is 5.69 Å². The van der Waals surface area contributed by atoms with Gasteiger partial charge in [0.2, 0.25) is 0 Å². The van der Waals surface area contributed by atoms with Crippen LogP contribution in [0.15, 0.2) is 10.6 Å². The fourth-order valence-electron chi connectivity index (χ4n) is 1.93. The molecule has 2 rings (SSSR count). The van der Waals surface area contributed by atoms with Gasteiger partial charge in [-0.05, 0) is 25.8 Å². The van der Waals surface area contributed by atoms with E-state index in [1.807, 2.05) is 13.0 Å². The highest BCUT2D eigenvalue weighted by Gasteiger charge is 2.22. The largest absolute Gasteiger partial charge is 0.396 e. The van der Waals surface area contributed by atoms with Crippen molar-refractivity contribution in [3.05, 3.63) is 17.5 Å². The minimum absolute atomic E-state index is 0.300. The summed E-state index contributed by atoms with van der Waals surface area (Å²) < 4.78 is 5.00. The molecule has 1 unspecified atom stereocenters. The summed E-state index contributed by atoms with van der Waals surface area (Å²) in [6, 6.07) is 1.96. The molecule has 1 atom stereocenters. The maximum atomic E-state index is 8.99. The van der Waals surface area contributed by atoms with Gasteiger partial charge in [-0.15, -0.1) is 0 Å². The fourth-order valence-corrected chi connectivity index (χ4v) is 1.93. The third-order valence-corrected chi connectivity index (χ3v) is 2.69. The molecule has 1 saturated heterocycles. The molecule has 1 aromatic rings. The van der Waals surface area contributed by atoms with E-state index in [0.717, 1.165) is 37.5 Å². The number of rotatable bonds is 3. The smallest absolute Gasteiger partial charge is 0.133 e. The van der Waals surface area contributed by atoms with E-state index in [2.05, 4.69) is 10.1 Å². The van der Waals surface area contributed by atoms with E-state index in [1.165, 1.54) is 0 Å². The van der Waals surface area contributed by atoms with Gasteiger partial charge in [0.25, 0.3) is 0 Å². The average molecular weight is 196 g/mol. The fraction of sp³-hybridized carbons (Fsp3) is 0.700. The summed E-state index contributed by atoms with van der Waals surface area (Å²) in [5, 5.41) is 12.9. The van der Waals surface area contributed by atoms with Crippen molar-refractivity contribution < 1.29 is 9.63 Å². The third kappa shape index (κ3) is 2.13. The van der Waals surface area contributed by atoms with Crippen molar-refractivity contribution in [2.75, 3.05) is 19.7 Å². The van der Waals surface area contributed by atoms with Crippen LogP contribution in [-0.4, -0.2) is 34.9 Å². The highest BCUT2D eigenvalue weighted by Crippen LogP contribution is 2.17. The van der Waals surface area contributed by atoms with Gasteiger partial charge in [-0.3, -0.25) is 4.90 Å². The van der Waals surface area contributed by atoms with Gasteiger partial charge in [0.1, 0.15) is 5.76 Å². The predicted molar refractivity (Wildman–Crippen MR) is 51.7 cm³/mol. The molecule has 78 valence electrons. The van der Waals surface area contributed by atoms with Crippen molar-refractivity contribution in [3.63, 3.8) is 0 Å². The van der Waals surface area contributed by atoms with E-state index >= 15 is 0 Å². The topological polar surface area (TPSA) is 49.5 Å². The van der Waals surface area contributed by atoms with Crippen LogP contribution in [0.2, 0.25) is 0 Å². The molecule has 0 bridgehead atoms. The molecule has 0 spiro atoms. The molecule has 1 aliphatic rings. The van der Waals surface area contributed by atoms with Crippen molar-refractivity contribution >= 4 is 0 Å². The number of aliphatic hydroxyl groups is 1. The number of hydrogen-bond acceptors (Lipinski definition) is 4. The molecule has 4 heteroatoms. The molecule has 1 fully saturated rings. The molecular formula is C10H16N2O2. The zero-order chi connectivity index (χ0) is 9.97. The van der Waals surface area contributed by atoms with Crippen molar-refractivity contribution in [2.45, 2.75) is 19.9 Å². The third-order valence-electron chi connectivity index (χ3n) is 2.69. The van der Waals surface area contributed by atoms with E-state index in [4.69, 9.17) is 9.63 Å². The van der Waals surface area contributed by atoms with Crippen LogP contribution >= 0.6 is 0 Å². The number of likely N-dealkylation sites (tertiary alicyclic amines) is 1. The van der Waals surface area contributed by atoms with E-state index in [1.54, 1.807) is 0 Å². The van der Waals surface area contributed by atoms with Gasteiger partial charge in [0, 0.05) is 25.8 Å². The summed E-state index contributed by atoms with van der Waals surface area (Å²) in [5.41, 5.74) is 0.987. The van der Waals surface area contributed by atoms with E-state index in [9.17, 15) is 0 Å². The molecule has 14 heavy (non-hydrogen) atoms. The van der Waals surface area contributed by atoms with Crippen molar-refractivity contribution in [2.24, 2.45) is 5.92 Å². The summed E-state index contributed by atoms with van der Waals surface area (Å²) in [7, 11) is 0. The lowest BCUT2D eigenvalue weighted by atomic mass is 10.1. The summed E-state index contributed by atoms with van der Waals surface area (Å²) >= 11 is 0. The minimum Gasteiger partial charge on any atom is -0.396 e. The quantitative estimate of drug-likeness (QED) is 0.776. The molecule has 0 radical (unpaired) electrons. The van der Waals surface area contributed by atoms with Gasteiger partial charge in [-0.1, -0.05) is 5.16 Å². The second-order valence-electron chi connectivity index (χ2n) is 4.00. The summed E-state index contributed by atoms with van der Waals surface area (Å²) in [6.07, 6.45) is 1.09. The predicted octanol–water partition coefficient (Wildman–Crippen LogP) is 0.797. The van der Waals surface area contributed by atoms with Crippen LogP contribution < -0.4 is 0 Å². The normalized spacial score (nSPS) is 23.1. The van der Waals surface area contributed by atoms with Gasteiger partial charge >= 0.3 is 0 Å². The summed E-state index contributed by atoms with van der Waals surface area (Å²) in [6.45, 7) is 5.07. The van der Waals surface area contributed by atoms with Crippen molar-refractivity contribution in [1.29, 1.82) is 0 Å². The number of aromatic nitrogens is 1. The first-order chi connectivity index (χ1) is 6.78. The van der Waals surface area contributed by atoms with Crippen molar-refractivity contribution in [3.8, 4) is 0 Å². The molecule has 1 N–H and O–H groups in total. The lowest BCUT2D eigenvalue weighted by Gasteiger charge is -2.12. The zero-order valence-corrected chi connectivity index (χ0v) is 8.44. The maximum Gasteiger partial charge on any atom is 0.133 e. The average Bonchev–Trinajstić information content (AvgIpc) is 2.76. The Bertz CT molecular complexity index is 298. The Hall–Kier alpha value is -0.870. The first-order valence-corrected chi connectivity index (χ1v) is 5.03. The lowest BCUT2D eigenvalue weighted by molar-refractivity contribution is 0.218. The highest BCUT2D eigenvalue weighted by atomic mass is 16.5. The van der Waals surface area contributed by atoms with Gasteiger partial charge in [-0.2, -0.15) is 0 Å². The SMILES string of the molecule is Cc1cc(CN2CCC(CO)C2)no1. The first kappa shape index (κ1) is 9.68. The van der Waals surface area contributed by atoms with Gasteiger partial charge < -0.3 is 9.63 Å². The number of hydrogen-bond donors (Lipinski definition) is 1. The standard InChI is InChI=1S/C10H16N2O2/c1-8-4-10(11-14-8)6-12-3-2-9(5-12)7-13/h4,9,13H,2-3,5-7H2,1H3. The number of nitrogens with zero attached hydrogens (tertiary/aromatic N) is 2. The molecule has 4 nitrogen and oxygen atoms in total. The first-order valence-electron chi connectivity index (χ1n) is 5.03. The molecule has 2 heterocycles. The van der Waals surface area contributed by atoms with Crippen LogP contribution in [-0.2, 0) is 6.54 Å². The maximum absolute atomic E-state index is 8.99. The van der Waals surface area contributed by atoms with Crippen LogP contribution in [0.5, 0.6) is 0 Å². The second-order valence-corrected chi connectivity index (χ2v) is 4.00. The van der Waals surface area contributed by atoms with Gasteiger partial charge in [-0.25, -0.2) is 0 Å². The lowest BCUT2D eigenvalue weighted by Crippen LogP contribution is -2.21. The van der Waals surface area contributed by atoms with Crippen LogP contribution in [0.4, 0.5) is 0 Å². The Labute approximate surface area is 83.5 Å². The van der Waals surface area contributed by atoms with Gasteiger partial charge in [0.15, 0.2) is 0 Å². The molecule has 0 amide bonds. The molecule has 1 aliphatic heterocycles. The Morgan fingerprint density at radius 2 is 2.57 bits per heavy atom. The molecule has 0 aliphatic carbocycles. The summed E-state index contributed by atoms with van der Waals surface area (Å²) in [5.74, 6) is 1.31. The Morgan fingerprint density at radius 3 is 3.14 bits per heavy atom. The van der Waals surface area contributed by atoms with Crippen LogP contribution in [0.3, 0.4) is 0 Å². The highest BCUT2D eigenvalue weighted by molar-refractivity contribution is 5.03. The van der Waals surface area contributed by atoms with Crippen LogP contribution in [0.25, 0.3) is 0 Å². The van der Waals surface area contributed by atoms with E-state index in [0.29, 0.717) is 12.5 Å². The van der Waals surface area contributed by atoms with Crippen molar-refractivity contribution in [1.82, 2.24) is 10.1 Å². The monoisotopic (exact) mass is 196 g/mol. The molecular weight excluding hydrogens is 180 g/mol. The van der Waals surface area contributed by atoms with Crippen LogP contribution in [0.1, 0.15) is 17.9 Å². The number of aliphatic hydroxyl groups excluding tert-OH is 1. The molecule has 0 saturated carbocycles.